The van der Waals surface area contributed by atoms with Crippen LogP contribution in [-0.2, 0) is 12.8 Å². The second kappa shape index (κ2) is 3.13. The minimum absolute atomic E-state index is 0.0179. The van der Waals surface area contributed by atoms with E-state index in [2.05, 4.69) is 6.07 Å². The number of aryl methyl sites for hydroxylation is 2. The molecule has 0 N–H and O–H groups in total. The van der Waals surface area contributed by atoms with Crippen LogP contribution in [0.25, 0.3) is 0 Å². The lowest BCUT2D eigenvalue weighted by molar-refractivity contribution is 0.596. The molecule has 0 spiro atoms. The van der Waals surface area contributed by atoms with Gasteiger partial charge in [0.2, 0.25) is 0 Å². The second-order valence-electron chi connectivity index (χ2n) is 4.15. The molecule has 0 aliphatic heterocycles. The van der Waals surface area contributed by atoms with Gasteiger partial charge in [-0.3, -0.25) is 0 Å². The molecule has 1 heteroatoms. The van der Waals surface area contributed by atoms with Crippen LogP contribution in [0.5, 0.6) is 0 Å². The van der Waals surface area contributed by atoms with E-state index in [-0.39, 0.29) is 5.82 Å². The van der Waals surface area contributed by atoms with Crippen molar-refractivity contribution in [1.82, 2.24) is 0 Å². The van der Waals surface area contributed by atoms with Crippen LogP contribution in [0, 0.1) is 5.82 Å². The normalized spacial score (nSPS) is 15.1. The van der Waals surface area contributed by atoms with Crippen molar-refractivity contribution in [3.05, 3.63) is 34.6 Å². The third-order valence-electron chi connectivity index (χ3n) is 2.83. The molecule has 1 aliphatic rings. The zero-order valence-electron chi connectivity index (χ0n) is 8.23. The standard InChI is InChI=1S/C12H15F/c1-8(2)11-6-9-4-3-5-10(9)7-12(11)13/h6-8H,3-5H2,1-2H3. The Morgan fingerprint density at radius 3 is 2.38 bits per heavy atom. The highest BCUT2D eigenvalue weighted by atomic mass is 19.1. The maximum atomic E-state index is 13.5. The Hall–Kier alpha value is -0.850. The molecular formula is C12H15F. The van der Waals surface area contributed by atoms with Crippen molar-refractivity contribution < 1.29 is 4.39 Å². The number of fused-ring (bicyclic) bond motifs is 1. The fourth-order valence-corrected chi connectivity index (χ4v) is 2.06. The van der Waals surface area contributed by atoms with Gasteiger partial charge in [0.25, 0.3) is 0 Å². The van der Waals surface area contributed by atoms with Crippen molar-refractivity contribution in [1.29, 1.82) is 0 Å². The van der Waals surface area contributed by atoms with Crippen molar-refractivity contribution in [3.8, 4) is 0 Å². The Labute approximate surface area is 78.8 Å². The van der Waals surface area contributed by atoms with Crippen molar-refractivity contribution in [2.45, 2.75) is 39.0 Å². The maximum absolute atomic E-state index is 13.5. The molecule has 0 fully saturated rings. The summed E-state index contributed by atoms with van der Waals surface area (Å²) < 4.78 is 13.5. The predicted octanol–water partition coefficient (Wildman–Crippen LogP) is 3.44. The summed E-state index contributed by atoms with van der Waals surface area (Å²) in [4.78, 5) is 0. The molecule has 0 aromatic heterocycles. The van der Waals surface area contributed by atoms with Crippen LogP contribution in [0.3, 0.4) is 0 Å². The minimum Gasteiger partial charge on any atom is -0.207 e. The molecule has 0 amide bonds. The summed E-state index contributed by atoms with van der Waals surface area (Å²) in [5, 5.41) is 0. The monoisotopic (exact) mass is 178 g/mol. The van der Waals surface area contributed by atoms with E-state index in [1.165, 1.54) is 17.5 Å². The number of benzene rings is 1. The zero-order valence-corrected chi connectivity index (χ0v) is 8.23. The molecule has 70 valence electrons. The summed E-state index contributed by atoms with van der Waals surface area (Å²) >= 11 is 0. The molecule has 2 rings (SSSR count). The molecule has 1 aromatic carbocycles. The van der Waals surface area contributed by atoms with E-state index in [1.54, 1.807) is 6.07 Å². The van der Waals surface area contributed by atoms with Crippen LogP contribution in [0.15, 0.2) is 12.1 Å². The van der Waals surface area contributed by atoms with Crippen LogP contribution in [0.1, 0.15) is 42.9 Å². The average Bonchev–Trinajstić information content (AvgIpc) is 2.48. The summed E-state index contributed by atoms with van der Waals surface area (Å²) in [6.07, 6.45) is 3.39. The lowest BCUT2D eigenvalue weighted by Gasteiger charge is -2.09. The lowest BCUT2D eigenvalue weighted by Crippen LogP contribution is -1.96. The summed E-state index contributed by atoms with van der Waals surface area (Å²) in [7, 11) is 0. The van der Waals surface area contributed by atoms with Gasteiger partial charge >= 0.3 is 0 Å². The van der Waals surface area contributed by atoms with E-state index in [1.807, 2.05) is 13.8 Å². The first-order valence-electron chi connectivity index (χ1n) is 4.99. The molecule has 0 heterocycles. The van der Waals surface area contributed by atoms with Crippen LogP contribution >= 0.6 is 0 Å². The predicted molar refractivity (Wildman–Crippen MR) is 52.5 cm³/mol. The van der Waals surface area contributed by atoms with Gasteiger partial charge in [0.1, 0.15) is 5.82 Å². The Morgan fingerprint density at radius 2 is 1.77 bits per heavy atom. The first-order chi connectivity index (χ1) is 6.18. The summed E-state index contributed by atoms with van der Waals surface area (Å²) in [5.41, 5.74) is 3.47. The van der Waals surface area contributed by atoms with E-state index in [0.717, 1.165) is 18.4 Å². The van der Waals surface area contributed by atoms with E-state index in [0.29, 0.717) is 5.92 Å². The lowest BCUT2D eigenvalue weighted by atomic mass is 9.98. The van der Waals surface area contributed by atoms with Gasteiger partial charge in [0.05, 0.1) is 0 Å². The topological polar surface area (TPSA) is 0 Å². The molecule has 0 saturated carbocycles. The second-order valence-corrected chi connectivity index (χ2v) is 4.15. The minimum atomic E-state index is -0.0179. The van der Waals surface area contributed by atoms with Crippen molar-refractivity contribution >= 4 is 0 Å². The number of hydrogen-bond acceptors (Lipinski definition) is 0. The van der Waals surface area contributed by atoms with Crippen LogP contribution in [0.2, 0.25) is 0 Å². The fraction of sp³-hybridized carbons (Fsp3) is 0.500. The molecule has 0 nitrogen and oxygen atoms in total. The van der Waals surface area contributed by atoms with Gasteiger partial charge in [-0.2, -0.15) is 0 Å². The molecule has 0 atom stereocenters. The Balaban J connectivity index is 2.49. The smallest absolute Gasteiger partial charge is 0.126 e. The van der Waals surface area contributed by atoms with Gasteiger partial charge < -0.3 is 0 Å². The third kappa shape index (κ3) is 1.48. The molecule has 1 aliphatic carbocycles. The maximum Gasteiger partial charge on any atom is 0.126 e. The molecule has 0 radical (unpaired) electrons. The van der Waals surface area contributed by atoms with E-state index in [4.69, 9.17) is 0 Å². The highest BCUT2D eigenvalue weighted by Gasteiger charge is 2.15. The molecule has 0 bridgehead atoms. The largest absolute Gasteiger partial charge is 0.207 e. The van der Waals surface area contributed by atoms with Crippen LogP contribution in [-0.4, -0.2) is 0 Å². The van der Waals surface area contributed by atoms with Gasteiger partial charge in [-0.1, -0.05) is 19.9 Å². The quantitative estimate of drug-likeness (QED) is 0.618. The van der Waals surface area contributed by atoms with Gasteiger partial charge in [0.15, 0.2) is 0 Å². The highest BCUT2D eigenvalue weighted by molar-refractivity contribution is 5.37. The van der Waals surface area contributed by atoms with E-state index < -0.39 is 0 Å². The van der Waals surface area contributed by atoms with Crippen molar-refractivity contribution in [3.63, 3.8) is 0 Å². The molecule has 13 heavy (non-hydrogen) atoms. The van der Waals surface area contributed by atoms with Crippen molar-refractivity contribution in [2.75, 3.05) is 0 Å². The molecular weight excluding hydrogens is 163 g/mol. The average molecular weight is 178 g/mol. The Kier molecular flexibility index (Phi) is 2.10. The molecule has 1 aromatic rings. The first kappa shape index (κ1) is 8.74. The zero-order chi connectivity index (χ0) is 9.42. The number of hydrogen-bond donors (Lipinski definition) is 0. The van der Waals surface area contributed by atoms with E-state index in [9.17, 15) is 4.39 Å². The third-order valence-corrected chi connectivity index (χ3v) is 2.83. The Bertz CT molecular complexity index is 326. The summed E-state index contributed by atoms with van der Waals surface area (Å²) in [6, 6.07) is 3.79. The number of halogens is 1. The highest BCUT2D eigenvalue weighted by Crippen LogP contribution is 2.28. The number of rotatable bonds is 1. The van der Waals surface area contributed by atoms with Gasteiger partial charge in [-0.15, -0.1) is 0 Å². The summed E-state index contributed by atoms with van der Waals surface area (Å²) in [5.74, 6) is 0.279. The Morgan fingerprint density at radius 1 is 1.15 bits per heavy atom. The van der Waals surface area contributed by atoms with E-state index >= 15 is 0 Å². The van der Waals surface area contributed by atoms with Crippen molar-refractivity contribution in [2.24, 2.45) is 0 Å². The fourth-order valence-electron chi connectivity index (χ4n) is 2.06. The van der Waals surface area contributed by atoms with Gasteiger partial charge in [-0.25, -0.2) is 4.39 Å². The van der Waals surface area contributed by atoms with Crippen LogP contribution in [0.4, 0.5) is 4.39 Å². The summed E-state index contributed by atoms with van der Waals surface area (Å²) in [6.45, 7) is 4.08. The van der Waals surface area contributed by atoms with Gasteiger partial charge in [-0.05, 0) is 47.9 Å². The molecule has 0 unspecified atom stereocenters. The first-order valence-corrected chi connectivity index (χ1v) is 4.99. The van der Waals surface area contributed by atoms with Gasteiger partial charge in [0, 0.05) is 0 Å². The SMILES string of the molecule is CC(C)c1cc2c(cc1F)CCC2. The molecule has 0 saturated heterocycles. The van der Waals surface area contributed by atoms with Crippen LogP contribution < -0.4 is 0 Å².